The van der Waals surface area contributed by atoms with Crippen LogP contribution in [0, 0.1) is 0 Å². The van der Waals surface area contributed by atoms with E-state index in [1.807, 2.05) is 12.1 Å². The van der Waals surface area contributed by atoms with E-state index in [2.05, 4.69) is 5.32 Å². The Morgan fingerprint density at radius 2 is 1.70 bits per heavy atom. The molecule has 0 spiro atoms. The van der Waals surface area contributed by atoms with Crippen molar-refractivity contribution in [1.29, 1.82) is 0 Å². The summed E-state index contributed by atoms with van der Waals surface area (Å²) >= 11 is 5.80. The van der Waals surface area contributed by atoms with Gasteiger partial charge >= 0.3 is 0 Å². The second kappa shape index (κ2) is 9.83. The molecule has 2 aromatic rings. The Labute approximate surface area is 164 Å². The first-order valence-corrected chi connectivity index (χ1v) is 8.81. The lowest BCUT2D eigenvalue weighted by molar-refractivity contribution is -0.130. The average Bonchev–Trinajstić information content (AvgIpc) is 2.68. The Hall–Kier alpha value is -2.73. The van der Waals surface area contributed by atoms with Gasteiger partial charge in [-0.2, -0.15) is 0 Å². The molecule has 0 fully saturated rings. The monoisotopic (exact) mass is 390 g/mol. The number of hydrogen-bond acceptors (Lipinski definition) is 4. The molecule has 0 aliphatic rings. The molecule has 2 rings (SSSR count). The van der Waals surface area contributed by atoms with Gasteiger partial charge in [0.2, 0.25) is 5.91 Å². The highest BCUT2D eigenvalue weighted by atomic mass is 35.5. The summed E-state index contributed by atoms with van der Waals surface area (Å²) in [6.45, 7) is 0.695. The molecule has 2 amide bonds. The quantitative estimate of drug-likeness (QED) is 0.751. The van der Waals surface area contributed by atoms with Gasteiger partial charge in [0, 0.05) is 37.1 Å². The third-order valence-corrected chi connectivity index (χ3v) is 4.28. The number of nitrogens with one attached hydrogen (secondary N) is 1. The molecule has 0 aliphatic carbocycles. The lowest BCUT2D eigenvalue weighted by Gasteiger charge is -2.18. The van der Waals surface area contributed by atoms with E-state index in [-0.39, 0.29) is 24.8 Å². The average molecular weight is 391 g/mol. The first-order valence-electron chi connectivity index (χ1n) is 8.43. The van der Waals surface area contributed by atoms with E-state index >= 15 is 0 Å². The standard InChI is InChI=1S/C20H23ClN2O4/c1-23(13-14-4-9-17(26-2)18(12-14)27-3)19(24)10-11-22-20(25)15-5-7-16(21)8-6-15/h4-9,12H,10-11,13H2,1-3H3,(H,22,25). The zero-order valence-corrected chi connectivity index (χ0v) is 16.4. The molecule has 0 aliphatic heterocycles. The summed E-state index contributed by atoms with van der Waals surface area (Å²) < 4.78 is 10.5. The summed E-state index contributed by atoms with van der Waals surface area (Å²) in [6.07, 6.45) is 0.211. The second-order valence-electron chi connectivity index (χ2n) is 5.95. The van der Waals surface area contributed by atoms with Crippen LogP contribution in [0.25, 0.3) is 0 Å². The number of halogens is 1. The highest BCUT2D eigenvalue weighted by molar-refractivity contribution is 6.30. The fourth-order valence-electron chi connectivity index (χ4n) is 2.52. The van der Waals surface area contributed by atoms with Crippen molar-refractivity contribution in [2.75, 3.05) is 27.8 Å². The van der Waals surface area contributed by atoms with E-state index < -0.39 is 0 Å². The number of rotatable bonds is 8. The van der Waals surface area contributed by atoms with E-state index in [1.165, 1.54) is 0 Å². The number of carbonyl (C=O) groups excluding carboxylic acids is 2. The molecule has 0 atom stereocenters. The number of nitrogens with zero attached hydrogens (tertiary/aromatic N) is 1. The van der Waals surface area contributed by atoms with Crippen molar-refractivity contribution in [3.8, 4) is 11.5 Å². The van der Waals surface area contributed by atoms with Gasteiger partial charge in [-0.3, -0.25) is 9.59 Å². The van der Waals surface area contributed by atoms with Gasteiger partial charge in [0.25, 0.3) is 5.91 Å². The Morgan fingerprint density at radius 3 is 2.33 bits per heavy atom. The first-order chi connectivity index (χ1) is 12.9. The molecular weight excluding hydrogens is 368 g/mol. The van der Waals surface area contributed by atoms with E-state index in [1.54, 1.807) is 56.5 Å². The molecule has 0 bridgehead atoms. The first kappa shape index (κ1) is 20.6. The van der Waals surface area contributed by atoms with Crippen LogP contribution in [0.5, 0.6) is 11.5 Å². The van der Waals surface area contributed by atoms with Gasteiger partial charge in [-0.05, 0) is 42.0 Å². The van der Waals surface area contributed by atoms with Crippen LogP contribution in [0.15, 0.2) is 42.5 Å². The SMILES string of the molecule is COc1ccc(CN(C)C(=O)CCNC(=O)c2ccc(Cl)cc2)cc1OC. The van der Waals surface area contributed by atoms with Crippen LogP contribution in [0.4, 0.5) is 0 Å². The van der Waals surface area contributed by atoms with Crippen molar-refractivity contribution >= 4 is 23.4 Å². The molecule has 0 heterocycles. The molecule has 6 nitrogen and oxygen atoms in total. The normalized spacial score (nSPS) is 10.2. The van der Waals surface area contributed by atoms with Gasteiger partial charge in [0.15, 0.2) is 11.5 Å². The predicted molar refractivity (Wildman–Crippen MR) is 104 cm³/mol. The van der Waals surface area contributed by atoms with Crippen molar-refractivity contribution in [2.24, 2.45) is 0 Å². The number of benzene rings is 2. The molecule has 0 saturated carbocycles. The van der Waals surface area contributed by atoms with E-state index in [0.29, 0.717) is 28.6 Å². The van der Waals surface area contributed by atoms with Crippen molar-refractivity contribution in [1.82, 2.24) is 10.2 Å². The maximum absolute atomic E-state index is 12.3. The lowest BCUT2D eigenvalue weighted by Crippen LogP contribution is -2.31. The maximum Gasteiger partial charge on any atom is 0.251 e. The highest BCUT2D eigenvalue weighted by Crippen LogP contribution is 2.27. The Bertz CT molecular complexity index is 793. The number of amides is 2. The van der Waals surface area contributed by atoms with Gasteiger partial charge in [0.05, 0.1) is 14.2 Å². The summed E-state index contributed by atoms with van der Waals surface area (Å²) in [5.74, 6) is 0.953. The molecule has 0 radical (unpaired) electrons. The summed E-state index contributed by atoms with van der Waals surface area (Å²) in [5, 5.41) is 3.30. The Balaban J connectivity index is 1.83. The molecule has 27 heavy (non-hydrogen) atoms. The van der Waals surface area contributed by atoms with Crippen molar-refractivity contribution in [2.45, 2.75) is 13.0 Å². The van der Waals surface area contributed by atoms with Crippen LogP contribution in [0.1, 0.15) is 22.3 Å². The number of carbonyl (C=O) groups is 2. The zero-order chi connectivity index (χ0) is 19.8. The van der Waals surface area contributed by atoms with Gasteiger partial charge in [0.1, 0.15) is 0 Å². The van der Waals surface area contributed by atoms with Gasteiger partial charge in [-0.25, -0.2) is 0 Å². The molecule has 144 valence electrons. The van der Waals surface area contributed by atoms with Crippen LogP contribution in [0.3, 0.4) is 0 Å². The van der Waals surface area contributed by atoms with E-state index in [0.717, 1.165) is 5.56 Å². The Kier molecular flexibility index (Phi) is 7.49. The van der Waals surface area contributed by atoms with Crippen LogP contribution >= 0.6 is 11.6 Å². The Morgan fingerprint density at radius 1 is 1.04 bits per heavy atom. The predicted octanol–water partition coefficient (Wildman–Crippen LogP) is 3.14. The second-order valence-corrected chi connectivity index (χ2v) is 6.39. The van der Waals surface area contributed by atoms with E-state index in [9.17, 15) is 9.59 Å². The van der Waals surface area contributed by atoms with Crippen molar-refractivity contribution < 1.29 is 19.1 Å². The third kappa shape index (κ3) is 5.89. The van der Waals surface area contributed by atoms with Crippen LogP contribution in [-0.4, -0.2) is 44.5 Å². The summed E-state index contributed by atoms with van der Waals surface area (Å²) in [5.41, 5.74) is 1.43. The minimum atomic E-state index is -0.234. The third-order valence-electron chi connectivity index (χ3n) is 4.02. The maximum atomic E-state index is 12.3. The summed E-state index contributed by atoms with van der Waals surface area (Å²) in [6, 6.07) is 12.1. The molecule has 2 aromatic carbocycles. The van der Waals surface area contributed by atoms with Crippen molar-refractivity contribution in [3.05, 3.63) is 58.6 Å². The lowest BCUT2D eigenvalue weighted by atomic mass is 10.2. The number of ether oxygens (including phenoxy) is 2. The topological polar surface area (TPSA) is 67.9 Å². The van der Waals surface area contributed by atoms with Crippen LogP contribution in [0.2, 0.25) is 5.02 Å². The zero-order valence-electron chi connectivity index (χ0n) is 15.6. The molecule has 0 unspecified atom stereocenters. The van der Waals surface area contributed by atoms with Crippen molar-refractivity contribution in [3.63, 3.8) is 0 Å². The minimum Gasteiger partial charge on any atom is -0.493 e. The van der Waals surface area contributed by atoms with Gasteiger partial charge in [-0.15, -0.1) is 0 Å². The van der Waals surface area contributed by atoms with Gasteiger partial charge < -0.3 is 19.7 Å². The molecule has 7 heteroatoms. The van der Waals surface area contributed by atoms with Gasteiger partial charge in [-0.1, -0.05) is 17.7 Å². The molecule has 0 aromatic heterocycles. The molecular formula is C20H23ClN2O4. The number of methoxy groups -OCH3 is 2. The fraction of sp³-hybridized carbons (Fsp3) is 0.300. The minimum absolute atomic E-state index is 0.0683. The fourth-order valence-corrected chi connectivity index (χ4v) is 2.64. The smallest absolute Gasteiger partial charge is 0.251 e. The summed E-state index contributed by atoms with van der Waals surface area (Å²) in [7, 11) is 4.87. The van der Waals surface area contributed by atoms with Crippen LogP contribution < -0.4 is 14.8 Å². The van der Waals surface area contributed by atoms with E-state index in [4.69, 9.17) is 21.1 Å². The molecule has 1 N–H and O–H groups in total. The van der Waals surface area contributed by atoms with Crippen LogP contribution in [-0.2, 0) is 11.3 Å². The number of hydrogen-bond donors (Lipinski definition) is 1. The largest absolute Gasteiger partial charge is 0.493 e. The molecule has 0 saturated heterocycles. The summed E-state index contributed by atoms with van der Waals surface area (Å²) in [4.78, 5) is 25.9. The highest BCUT2D eigenvalue weighted by Gasteiger charge is 2.12.